The third-order valence-corrected chi connectivity index (χ3v) is 4.79. The van der Waals surface area contributed by atoms with Gasteiger partial charge in [0.25, 0.3) is 0 Å². The molecular formula is C18H36Br2O2. The third-order valence-electron chi connectivity index (χ3n) is 3.67. The van der Waals surface area contributed by atoms with Crippen molar-refractivity contribution in [3.63, 3.8) is 0 Å². The van der Waals surface area contributed by atoms with Crippen molar-refractivity contribution in [1.29, 1.82) is 0 Å². The highest BCUT2D eigenvalue weighted by atomic mass is 79.9. The van der Waals surface area contributed by atoms with E-state index < -0.39 is 0 Å². The van der Waals surface area contributed by atoms with Crippen LogP contribution >= 0.6 is 31.9 Å². The highest BCUT2D eigenvalue weighted by molar-refractivity contribution is 9.09. The number of ether oxygens (including phenoxy) is 2. The van der Waals surface area contributed by atoms with Crippen LogP contribution in [0.15, 0.2) is 0 Å². The maximum atomic E-state index is 5.61. The van der Waals surface area contributed by atoms with E-state index in [1.807, 2.05) is 0 Å². The molecule has 0 spiro atoms. The minimum atomic E-state index is 0.934. The largest absolute Gasteiger partial charge is 0.381 e. The van der Waals surface area contributed by atoms with Gasteiger partial charge < -0.3 is 9.47 Å². The van der Waals surface area contributed by atoms with Crippen molar-refractivity contribution in [2.45, 2.75) is 77.0 Å². The smallest absolute Gasteiger partial charge is 0.0466 e. The first-order chi connectivity index (χ1) is 10.9. The maximum absolute atomic E-state index is 5.61. The molecule has 0 amide bonds. The average Bonchev–Trinajstić information content (AvgIpc) is 2.54. The van der Waals surface area contributed by atoms with Gasteiger partial charge in [0.15, 0.2) is 0 Å². The van der Waals surface area contributed by atoms with Crippen LogP contribution in [0.25, 0.3) is 0 Å². The van der Waals surface area contributed by atoms with E-state index in [9.17, 15) is 0 Å². The van der Waals surface area contributed by atoms with Gasteiger partial charge in [-0.25, -0.2) is 0 Å². The van der Waals surface area contributed by atoms with Gasteiger partial charge in [0.05, 0.1) is 0 Å². The molecule has 0 radical (unpaired) electrons. The van der Waals surface area contributed by atoms with E-state index >= 15 is 0 Å². The second kappa shape index (κ2) is 21.9. The van der Waals surface area contributed by atoms with Gasteiger partial charge >= 0.3 is 0 Å². The van der Waals surface area contributed by atoms with Crippen LogP contribution in [0, 0.1) is 0 Å². The lowest BCUT2D eigenvalue weighted by Crippen LogP contribution is -1.97. The Morgan fingerprint density at radius 1 is 0.364 bits per heavy atom. The first kappa shape index (κ1) is 22.9. The zero-order valence-corrected chi connectivity index (χ0v) is 17.5. The molecule has 4 heteroatoms. The second-order valence-corrected chi connectivity index (χ2v) is 7.43. The van der Waals surface area contributed by atoms with E-state index in [1.54, 1.807) is 0 Å². The van der Waals surface area contributed by atoms with Crippen molar-refractivity contribution < 1.29 is 9.47 Å². The Kier molecular flexibility index (Phi) is 22.8. The van der Waals surface area contributed by atoms with Gasteiger partial charge in [-0.3, -0.25) is 0 Å². The average molecular weight is 444 g/mol. The molecule has 0 unspecified atom stereocenters. The Balaban J connectivity index is 2.91. The zero-order valence-electron chi connectivity index (χ0n) is 14.3. The van der Waals surface area contributed by atoms with Crippen LogP contribution in [0.4, 0.5) is 0 Å². The third kappa shape index (κ3) is 20.9. The lowest BCUT2D eigenvalue weighted by atomic mass is 10.1. The van der Waals surface area contributed by atoms with Gasteiger partial charge in [0.1, 0.15) is 0 Å². The molecule has 0 heterocycles. The Morgan fingerprint density at radius 3 is 0.955 bits per heavy atom. The summed E-state index contributed by atoms with van der Waals surface area (Å²) in [6.45, 7) is 3.77. The second-order valence-electron chi connectivity index (χ2n) is 5.85. The molecule has 0 aromatic rings. The highest BCUT2D eigenvalue weighted by Crippen LogP contribution is 2.09. The predicted octanol–water partition coefficient (Wildman–Crippen LogP) is 6.49. The first-order valence-corrected chi connectivity index (χ1v) is 11.4. The Bertz CT molecular complexity index is 172. The van der Waals surface area contributed by atoms with Gasteiger partial charge in [-0.1, -0.05) is 70.4 Å². The summed E-state index contributed by atoms with van der Waals surface area (Å²) < 4.78 is 11.2. The summed E-state index contributed by atoms with van der Waals surface area (Å²) in [6, 6.07) is 0. The lowest BCUT2D eigenvalue weighted by molar-refractivity contribution is 0.126. The van der Waals surface area contributed by atoms with E-state index in [2.05, 4.69) is 31.9 Å². The topological polar surface area (TPSA) is 18.5 Å². The number of alkyl halides is 2. The van der Waals surface area contributed by atoms with Crippen molar-refractivity contribution >= 4 is 31.9 Å². The fourth-order valence-electron chi connectivity index (χ4n) is 2.27. The van der Waals surface area contributed by atoms with Crippen molar-refractivity contribution in [3.05, 3.63) is 0 Å². The monoisotopic (exact) mass is 442 g/mol. The van der Waals surface area contributed by atoms with E-state index in [4.69, 9.17) is 9.47 Å². The number of hydrogen-bond donors (Lipinski definition) is 0. The SMILES string of the molecule is BrCCCCOCCCCCCCCCCOCCCCBr. The molecule has 0 bridgehead atoms. The maximum Gasteiger partial charge on any atom is 0.0466 e. The van der Waals surface area contributed by atoms with Crippen LogP contribution in [-0.2, 0) is 9.47 Å². The molecule has 0 rings (SSSR count). The molecule has 0 N–H and O–H groups in total. The molecule has 0 saturated carbocycles. The first-order valence-electron chi connectivity index (χ1n) is 9.19. The number of unbranched alkanes of at least 4 members (excludes halogenated alkanes) is 9. The minimum absolute atomic E-state index is 0.934. The molecule has 0 fully saturated rings. The quantitative estimate of drug-likeness (QED) is 0.168. The summed E-state index contributed by atoms with van der Waals surface area (Å²) in [5, 5.41) is 2.19. The summed E-state index contributed by atoms with van der Waals surface area (Å²) in [7, 11) is 0. The Hall–Kier alpha value is 0.880. The van der Waals surface area contributed by atoms with E-state index in [0.29, 0.717) is 0 Å². The molecule has 0 aliphatic carbocycles. The minimum Gasteiger partial charge on any atom is -0.381 e. The van der Waals surface area contributed by atoms with Gasteiger partial charge in [0, 0.05) is 37.1 Å². The summed E-state index contributed by atoms with van der Waals surface area (Å²) in [5.41, 5.74) is 0. The van der Waals surface area contributed by atoms with Crippen LogP contribution in [0.2, 0.25) is 0 Å². The number of hydrogen-bond acceptors (Lipinski definition) is 2. The lowest BCUT2D eigenvalue weighted by Gasteiger charge is -2.05. The van der Waals surface area contributed by atoms with Gasteiger partial charge in [-0.2, -0.15) is 0 Å². The van der Waals surface area contributed by atoms with E-state index in [0.717, 1.165) is 37.1 Å². The molecule has 134 valence electrons. The molecule has 0 aromatic carbocycles. The van der Waals surface area contributed by atoms with Crippen LogP contribution in [0.3, 0.4) is 0 Å². The summed E-state index contributed by atoms with van der Waals surface area (Å²) >= 11 is 6.87. The fourth-order valence-corrected chi connectivity index (χ4v) is 3.06. The van der Waals surface area contributed by atoms with Crippen molar-refractivity contribution in [2.75, 3.05) is 37.1 Å². The fraction of sp³-hybridized carbons (Fsp3) is 1.00. The molecule has 0 aromatic heterocycles. The van der Waals surface area contributed by atoms with Crippen molar-refractivity contribution in [3.8, 4) is 0 Å². The van der Waals surface area contributed by atoms with Crippen LogP contribution < -0.4 is 0 Å². The van der Waals surface area contributed by atoms with Gasteiger partial charge in [0.2, 0.25) is 0 Å². The summed E-state index contributed by atoms with van der Waals surface area (Å²) in [4.78, 5) is 0. The normalized spacial score (nSPS) is 11.2. The highest BCUT2D eigenvalue weighted by Gasteiger charge is 1.94. The van der Waals surface area contributed by atoms with E-state index in [1.165, 1.54) is 77.0 Å². The number of rotatable bonds is 19. The van der Waals surface area contributed by atoms with Crippen LogP contribution in [0.1, 0.15) is 77.0 Å². The molecule has 0 atom stereocenters. The summed E-state index contributed by atoms with van der Waals surface area (Å²) in [5.74, 6) is 0. The molecule has 2 nitrogen and oxygen atoms in total. The molecule has 0 saturated heterocycles. The van der Waals surface area contributed by atoms with E-state index in [-0.39, 0.29) is 0 Å². The Morgan fingerprint density at radius 2 is 0.636 bits per heavy atom. The van der Waals surface area contributed by atoms with Crippen LogP contribution in [-0.4, -0.2) is 37.1 Å². The molecule has 22 heavy (non-hydrogen) atoms. The predicted molar refractivity (Wildman–Crippen MR) is 105 cm³/mol. The zero-order chi connectivity index (χ0) is 16.1. The van der Waals surface area contributed by atoms with Crippen molar-refractivity contribution in [1.82, 2.24) is 0 Å². The van der Waals surface area contributed by atoms with Gasteiger partial charge in [-0.05, 0) is 38.5 Å². The van der Waals surface area contributed by atoms with Gasteiger partial charge in [-0.15, -0.1) is 0 Å². The molecular weight excluding hydrogens is 408 g/mol. The van der Waals surface area contributed by atoms with Crippen molar-refractivity contribution in [2.24, 2.45) is 0 Å². The molecule has 0 aliphatic rings. The standard InChI is InChI=1S/C18H36Br2O2/c19-13-7-11-17-21-15-9-5-3-1-2-4-6-10-16-22-18-12-8-14-20/h1-18H2. The molecule has 0 aliphatic heterocycles. The Labute approximate surface area is 155 Å². The van der Waals surface area contributed by atoms with Crippen LogP contribution in [0.5, 0.6) is 0 Å². The number of halogens is 2. The summed E-state index contributed by atoms with van der Waals surface area (Å²) in [6.07, 6.45) is 15.4.